The molecule has 2 atom stereocenters. The third kappa shape index (κ3) is 5.46. The molecule has 0 radical (unpaired) electrons. The molecule has 1 saturated carbocycles. The zero-order valence-corrected chi connectivity index (χ0v) is 26.1. The second kappa shape index (κ2) is 10.6. The van der Waals surface area contributed by atoms with Crippen LogP contribution in [-0.2, 0) is 33.8 Å². The lowest BCUT2D eigenvalue weighted by molar-refractivity contribution is -0.146. The lowest BCUT2D eigenvalue weighted by Crippen LogP contribution is -2.39. The number of carbonyl (C=O) groups excluding carboxylic acids is 2. The summed E-state index contributed by atoms with van der Waals surface area (Å²) in [5.74, 6) is 1.09. The minimum Gasteiger partial charge on any atom is -0.488 e. The fraction of sp³-hybridized carbons (Fsp3) is 0.485. The van der Waals surface area contributed by atoms with Gasteiger partial charge in [0, 0.05) is 37.1 Å². The number of rotatable bonds is 6. The number of amides is 1. The molecule has 9 heteroatoms. The second-order valence-electron chi connectivity index (χ2n) is 12.9. The van der Waals surface area contributed by atoms with Gasteiger partial charge in [0.2, 0.25) is 0 Å². The highest BCUT2D eigenvalue weighted by Gasteiger charge is 2.66. The summed E-state index contributed by atoms with van der Waals surface area (Å²) in [6.07, 6.45) is 1.43. The summed E-state index contributed by atoms with van der Waals surface area (Å²) in [6, 6.07) is 10.6. The van der Waals surface area contributed by atoms with Gasteiger partial charge >= 0.3 is 12.1 Å². The van der Waals surface area contributed by atoms with Crippen molar-refractivity contribution in [3.05, 3.63) is 63.5 Å². The van der Waals surface area contributed by atoms with E-state index in [1.54, 1.807) is 16.2 Å². The molecule has 3 aromatic rings. The summed E-state index contributed by atoms with van der Waals surface area (Å²) in [5, 5.41) is 3.02. The quantitative estimate of drug-likeness (QED) is 0.312. The Morgan fingerprint density at radius 1 is 1.14 bits per heavy atom. The van der Waals surface area contributed by atoms with Crippen LogP contribution in [0.15, 0.2) is 35.7 Å². The molecule has 2 aromatic carbocycles. The minimum atomic E-state index is -0.507. The van der Waals surface area contributed by atoms with Crippen LogP contribution >= 0.6 is 11.3 Å². The van der Waals surface area contributed by atoms with E-state index in [0.717, 1.165) is 63.8 Å². The van der Waals surface area contributed by atoms with Gasteiger partial charge in [-0.05, 0) is 87.3 Å². The van der Waals surface area contributed by atoms with Crippen molar-refractivity contribution in [2.45, 2.75) is 66.2 Å². The van der Waals surface area contributed by atoms with Gasteiger partial charge in [-0.1, -0.05) is 24.3 Å². The molecule has 0 bridgehead atoms. The van der Waals surface area contributed by atoms with Gasteiger partial charge in [-0.2, -0.15) is 0 Å². The Kier molecular flexibility index (Phi) is 7.20. The number of hydrogen-bond acceptors (Lipinski definition) is 8. The lowest BCUT2D eigenvalue weighted by atomic mass is 9.97. The molecular weight excluding hydrogens is 550 g/mol. The summed E-state index contributed by atoms with van der Waals surface area (Å²) in [6.45, 7) is 13.0. The van der Waals surface area contributed by atoms with Crippen molar-refractivity contribution in [1.82, 2.24) is 9.88 Å². The molecule has 2 fully saturated rings. The van der Waals surface area contributed by atoms with Crippen LogP contribution in [0, 0.1) is 25.2 Å². The monoisotopic (exact) mass is 589 g/mol. The van der Waals surface area contributed by atoms with E-state index >= 15 is 0 Å². The van der Waals surface area contributed by atoms with Crippen LogP contribution in [0.3, 0.4) is 0 Å². The number of nitrogens with zero attached hydrogens (tertiary/aromatic N) is 3. The molecule has 1 aliphatic carbocycles. The Bertz CT molecular complexity index is 1540. The van der Waals surface area contributed by atoms with Crippen molar-refractivity contribution in [2.24, 2.45) is 11.3 Å². The maximum Gasteiger partial charge on any atom is 0.410 e. The molecule has 8 nitrogen and oxygen atoms in total. The molecule has 2 aliphatic heterocycles. The van der Waals surface area contributed by atoms with E-state index in [4.69, 9.17) is 19.2 Å². The second-order valence-corrected chi connectivity index (χ2v) is 13.8. The minimum absolute atomic E-state index is 0.0979. The Labute approximate surface area is 251 Å². The van der Waals surface area contributed by atoms with Gasteiger partial charge in [0.05, 0.1) is 18.2 Å². The van der Waals surface area contributed by atoms with Gasteiger partial charge < -0.3 is 24.0 Å². The first-order chi connectivity index (χ1) is 20.0. The highest BCUT2D eigenvalue weighted by atomic mass is 32.1. The van der Waals surface area contributed by atoms with E-state index in [1.807, 2.05) is 20.8 Å². The molecule has 222 valence electrons. The largest absolute Gasteiger partial charge is 0.488 e. The van der Waals surface area contributed by atoms with Gasteiger partial charge in [0.15, 0.2) is 5.13 Å². The van der Waals surface area contributed by atoms with E-state index in [9.17, 15) is 9.59 Å². The number of thiazole rings is 1. The van der Waals surface area contributed by atoms with Crippen LogP contribution in [0.5, 0.6) is 5.75 Å². The molecule has 3 aliphatic rings. The normalized spacial score (nSPS) is 21.0. The van der Waals surface area contributed by atoms with Gasteiger partial charge in [-0.25, -0.2) is 9.78 Å². The Hall–Kier alpha value is -3.59. The smallest absolute Gasteiger partial charge is 0.410 e. The summed E-state index contributed by atoms with van der Waals surface area (Å²) >= 11 is 1.61. The van der Waals surface area contributed by atoms with Crippen LogP contribution in [0.2, 0.25) is 0 Å². The Balaban J connectivity index is 1.16. The van der Waals surface area contributed by atoms with Gasteiger partial charge in [-0.15, -0.1) is 11.3 Å². The summed E-state index contributed by atoms with van der Waals surface area (Å²) in [7, 11) is 1.47. The van der Waals surface area contributed by atoms with Crippen molar-refractivity contribution >= 4 is 28.5 Å². The number of anilines is 1. The van der Waals surface area contributed by atoms with Crippen molar-refractivity contribution < 1.29 is 23.8 Å². The van der Waals surface area contributed by atoms with Crippen LogP contribution in [0.1, 0.15) is 55.0 Å². The van der Waals surface area contributed by atoms with Crippen LogP contribution in [0.4, 0.5) is 9.93 Å². The highest BCUT2D eigenvalue weighted by Crippen LogP contribution is 2.59. The topological polar surface area (TPSA) is 81.2 Å². The number of ether oxygens (including phenoxy) is 3. The lowest BCUT2D eigenvalue weighted by Gasteiger charge is -2.31. The number of fused-ring (bicyclic) bond motifs is 2. The summed E-state index contributed by atoms with van der Waals surface area (Å²) < 4.78 is 17.1. The summed E-state index contributed by atoms with van der Waals surface area (Å²) in [4.78, 5) is 33.9. The third-order valence-electron chi connectivity index (χ3n) is 8.51. The highest BCUT2D eigenvalue weighted by molar-refractivity contribution is 7.14. The van der Waals surface area contributed by atoms with Crippen molar-refractivity contribution in [2.75, 3.05) is 31.6 Å². The maximum atomic E-state index is 12.6. The number of aromatic nitrogens is 1. The average Bonchev–Trinajstić information content (AvgIpc) is 3.26. The standard InChI is InChI=1S/C33H39N3O5S/c1-20-11-21(2)28(26(12-20)27-18-42-30(34-27)36-16-25-14-33(25,19-36)29(37)39-6)40-17-22-7-8-24-15-35(10-9-23(24)13-22)31(38)41-32(3,4)5/h7-8,11-13,18,25H,9-10,14-17,19H2,1-6H3/t25-,33-/m0/s1. The first kappa shape index (κ1) is 28.5. The predicted octanol–water partition coefficient (Wildman–Crippen LogP) is 6.30. The molecule has 0 N–H and O–H groups in total. The van der Waals surface area contributed by atoms with Crippen LogP contribution in [0.25, 0.3) is 11.3 Å². The number of methoxy groups -OCH3 is 1. The first-order valence-corrected chi connectivity index (χ1v) is 15.5. The molecule has 6 rings (SSSR count). The van der Waals surface area contributed by atoms with Crippen molar-refractivity contribution in [3.63, 3.8) is 0 Å². The SMILES string of the molecule is COC(=O)[C@]12C[C@H]1CN(c1nc(-c3cc(C)cc(C)c3OCc3ccc4c(c3)CCN(C(=O)OC(C)(C)C)C4)cs1)C2. The third-order valence-corrected chi connectivity index (χ3v) is 9.41. The van der Waals surface area contributed by atoms with E-state index in [-0.39, 0.29) is 17.5 Å². The fourth-order valence-electron chi connectivity index (χ4n) is 6.35. The van der Waals surface area contributed by atoms with Crippen LogP contribution < -0.4 is 9.64 Å². The molecule has 0 spiro atoms. The van der Waals surface area contributed by atoms with E-state index < -0.39 is 5.60 Å². The van der Waals surface area contributed by atoms with Crippen LogP contribution in [-0.4, -0.2) is 54.3 Å². The maximum absolute atomic E-state index is 12.6. The molecule has 0 unspecified atom stereocenters. The number of benzene rings is 2. The number of esters is 1. The van der Waals surface area contributed by atoms with E-state index in [2.05, 4.69) is 54.5 Å². The molecule has 1 amide bonds. The molecular formula is C33H39N3O5S. The van der Waals surface area contributed by atoms with Crippen molar-refractivity contribution in [1.29, 1.82) is 0 Å². The number of hydrogen-bond donors (Lipinski definition) is 0. The Morgan fingerprint density at radius 2 is 1.95 bits per heavy atom. The fourth-order valence-corrected chi connectivity index (χ4v) is 7.19. The summed E-state index contributed by atoms with van der Waals surface area (Å²) in [5.41, 5.74) is 6.71. The Morgan fingerprint density at radius 3 is 2.71 bits per heavy atom. The molecule has 1 aromatic heterocycles. The first-order valence-electron chi connectivity index (χ1n) is 14.6. The zero-order chi connectivity index (χ0) is 29.8. The van der Waals surface area contributed by atoms with Gasteiger partial charge in [0.1, 0.15) is 18.0 Å². The predicted molar refractivity (Wildman–Crippen MR) is 163 cm³/mol. The molecule has 42 heavy (non-hydrogen) atoms. The number of piperidine rings is 1. The molecule has 3 heterocycles. The average molecular weight is 590 g/mol. The van der Waals surface area contributed by atoms with Crippen molar-refractivity contribution in [3.8, 4) is 17.0 Å². The van der Waals surface area contributed by atoms with Gasteiger partial charge in [0.25, 0.3) is 0 Å². The zero-order valence-electron chi connectivity index (χ0n) is 25.3. The van der Waals surface area contributed by atoms with E-state index in [0.29, 0.717) is 32.2 Å². The number of carbonyl (C=O) groups is 2. The van der Waals surface area contributed by atoms with E-state index in [1.165, 1.54) is 12.7 Å². The molecule has 1 saturated heterocycles. The number of aryl methyl sites for hydroxylation is 2. The van der Waals surface area contributed by atoms with Gasteiger partial charge in [-0.3, -0.25) is 4.79 Å².